The highest BCUT2D eigenvalue weighted by Gasteiger charge is 2.34. The van der Waals surface area contributed by atoms with Gasteiger partial charge in [0.2, 0.25) is 5.91 Å². The van der Waals surface area contributed by atoms with Gasteiger partial charge in [-0.05, 0) is 41.1 Å². The van der Waals surface area contributed by atoms with Crippen LogP contribution in [0.25, 0.3) is 0 Å². The molecule has 1 aliphatic rings. The Balaban J connectivity index is 1.73. The fraction of sp³-hybridized carbons (Fsp3) is 0.261. The van der Waals surface area contributed by atoms with E-state index in [0.717, 1.165) is 16.0 Å². The molecular weight excluding hydrogens is 416 g/mol. The summed E-state index contributed by atoms with van der Waals surface area (Å²) in [5.41, 5.74) is 2.47. The van der Waals surface area contributed by atoms with Crippen LogP contribution in [0.15, 0.2) is 53.9 Å². The molecule has 1 atom stereocenters. The zero-order valence-corrected chi connectivity index (χ0v) is 18.1. The summed E-state index contributed by atoms with van der Waals surface area (Å²) >= 11 is 1.58. The van der Waals surface area contributed by atoms with Crippen molar-refractivity contribution in [2.24, 2.45) is 0 Å². The van der Waals surface area contributed by atoms with E-state index in [1.807, 2.05) is 34.5 Å². The molecule has 160 valence electrons. The number of nitro groups is 1. The number of carbonyl (C=O) groups is 1. The van der Waals surface area contributed by atoms with Crippen LogP contribution in [0, 0.1) is 10.1 Å². The molecule has 1 amide bonds. The maximum absolute atomic E-state index is 13.4. The van der Waals surface area contributed by atoms with Crippen molar-refractivity contribution in [3.63, 3.8) is 0 Å². The third kappa shape index (κ3) is 3.98. The molecule has 1 aliphatic heterocycles. The third-order valence-corrected chi connectivity index (χ3v) is 6.46. The highest BCUT2D eigenvalue weighted by atomic mass is 32.1. The Labute approximate surface area is 184 Å². The molecule has 1 aromatic heterocycles. The van der Waals surface area contributed by atoms with E-state index >= 15 is 0 Å². The van der Waals surface area contributed by atoms with Gasteiger partial charge in [0.1, 0.15) is 0 Å². The second-order valence-corrected chi connectivity index (χ2v) is 8.20. The van der Waals surface area contributed by atoms with Crippen LogP contribution in [0.5, 0.6) is 11.5 Å². The monoisotopic (exact) mass is 438 g/mol. The summed E-state index contributed by atoms with van der Waals surface area (Å²) in [4.78, 5) is 27.2. The Bertz CT molecular complexity index is 1110. The Hall–Kier alpha value is -3.39. The van der Waals surface area contributed by atoms with Crippen LogP contribution in [0.1, 0.15) is 27.6 Å². The first-order valence-electron chi connectivity index (χ1n) is 9.83. The van der Waals surface area contributed by atoms with Crippen LogP contribution in [0.2, 0.25) is 0 Å². The molecule has 0 radical (unpaired) electrons. The molecule has 0 saturated carbocycles. The largest absolute Gasteiger partial charge is 0.493 e. The topological polar surface area (TPSA) is 81.9 Å². The van der Waals surface area contributed by atoms with Gasteiger partial charge in [-0.15, -0.1) is 11.3 Å². The number of benzene rings is 2. The fourth-order valence-corrected chi connectivity index (χ4v) is 4.93. The van der Waals surface area contributed by atoms with Crippen molar-refractivity contribution in [1.82, 2.24) is 4.90 Å². The molecule has 0 aliphatic carbocycles. The summed E-state index contributed by atoms with van der Waals surface area (Å²) in [7, 11) is 3.19. The number of hydrogen-bond acceptors (Lipinski definition) is 6. The van der Waals surface area contributed by atoms with Gasteiger partial charge in [-0.25, -0.2) is 0 Å². The summed E-state index contributed by atoms with van der Waals surface area (Å²) in [5, 5.41) is 13.4. The predicted molar refractivity (Wildman–Crippen MR) is 118 cm³/mol. The van der Waals surface area contributed by atoms with E-state index in [0.29, 0.717) is 30.0 Å². The van der Waals surface area contributed by atoms with Crippen molar-refractivity contribution in [2.45, 2.75) is 18.9 Å². The Morgan fingerprint density at radius 3 is 2.58 bits per heavy atom. The first kappa shape index (κ1) is 20.9. The quantitative estimate of drug-likeness (QED) is 0.421. The van der Waals surface area contributed by atoms with Gasteiger partial charge in [0, 0.05) is 23.1 Å². The average Bonchev–Trinajstić information content (AvgIpc) is 3.31. The lowest BCUT2D eigenvalue weighted by Crippen LogP contribution is -2.41. The molecule has 2 heterocycles. The lowest BCUT2D eigenvalue weighted by Gasteiger charge is -2.37. The molecule has 0 bridgehead atoms. The van der Waals surface area contributed by atoms with Crippen molar-refractivity contribution >= 4 is 22.9 Å². The number of fused-ring (bicyclic) bond motifs is 1. The molecule has 1 unspecified atom stereocenters. The van der Waals surface area contributed by atoms with Gasteiger partial charge in [-0.2, -0.15) is 0 Å². The highest BCUT2D eigenvalue weighted by Crippen LogP contribution is 2.42. The van der Waals surface area contributed by atoms with Crippen molar-refractivity contribution in [3.05, 3.63) is 85.6 Å². The molecule has 8 heteroatoms. The minimum Gasteiger partial charge on any atom is -0.493 e. The number of hydrogen-bond donors (Lipinski definition) is 0. The molecular formula is C23H22N2O5S. The van der Waals surface area contributed by atoms with E-state index in [1.165, 1.54) is 6.07 Å². The molecule has 31 heavy (non-hydrogen) atoms. The van der Waals surface area contributed by atoms with Gasteiger partial charge in [0.25, 0.3) is 5.69 Å². The minimum atomic E-state index is -0.442. The molecule has 0 saturated heterocycles. The van der Waals surface area contributed by atoms with Crippen LogP contribution in [-0.4, -0.2) is 36.5 Å². The van der Waals surface area contributed by atoms with Gasteiger partial charge >= 0.3 is 0 Å². The Kier molecular flexibility index (Phi) is 5.90. The van der Waals surface area contributed by atoms with Crippen molar-refractivity contribution in [3.8, 4) is 11.5 Å². The number of amides is 1. The number of methoxy groups -OCH3 is 2. The Morgan fingerprint density at radius 2 is 1.90 bits per heavy atom. The van der Waals surface area contributed by atoms with Crippen molar-refractivity contribution in [1.29, 1.82) is 0 Å². The molecule has 0 N–H and O–H groups in total. The first-order chi connectivity index (χ1) is 15.0. The maximum Gasteiger partial charge on any atom is 0.273 e. The number of para-hydroxylation sites is 1. The maximum atomic E-state index is 13.4. The zero-order valence-electron chi connectivity index (χ0n) is 17.2. The minimum absolute atomic E-state index is 0.0261. The van der Waals surface area contributed by atoms with Gasteiger partial charge in [-0.3, -0.25) is 14.9 Å². The predicted octanol–water partition coefficient (Wildman–Crippen LogP) is 4.39. The van der Waals surface area contributed by atoms with Gasteiger partial charge < -0.3 is 14.4 Å². The van der Waals surface area contributed by atoms with Crippen LogP contribution >= 0.6 is 11.3 Å². The van der Waals surface area contributed by atoms with Gasteiger partial charge in [0.15, 0.2) is 11.5 Å². The standard InChI is InChI=1S/C23H22N2O5S/c1-29-19-12-15-9-10-24(22(26)13-16-6-3-4-7-18(16)25(27)28)23(21-8-5-11-31-21)17(15)14-20(19)30-2/h3-8,11-12,14,23H,9-10,13H2,1-2H3. The number of carbonyl (C=O) groups excluding carboxylic acids is 1. The highest BCUT2D eigenvalue weighted by molar-refractivity contribution is 7.10. The second kappa shape index (κ2) is 8.77. The number of thiophene rings is 1. The normalized spacial score (nSPS) is 15.3. The summed E-state index contributed by atoms with van der Waals surface area (Å²) in [6, 6.07) is 14.0. The van der Waals surface area contributed by atoms with E-state index in [4.69, 9.17) is 9.47 Å². The summed E-state index contributed by atoms with van der Waals surface area (Å²) < 4.78 is 11.0. The third-order valence-electron chi connectivity index (χ3n) is 5.54. The molecule has 7 nitrogen and oxygen atoms in total. The zero-order chi connectivity index (χ0) is 22.0. The van der Waals surface area contributed by atoms with E-state index in [1.54, 1.807) is 43.8 Å². The second-order valence-electron chi connectivity index (χ2n) is 7.22. The van der Waals surface area contributed by atoms with E-state index < -0.39 is 4.92 Å². The van der Waals surface area contributed by atoms with E-state index in [2.05, 4.69) is 0 Å². The fourth-order valence-electron chi connectivity index (χ4n) is 4.07. The molecule has 2 aromatic carbocycles. The van der Waals surface area contributed by atoms with Crippen LogP contribution < -0.4 is 9.47 Å². The smallest absolute Gasteiger partial charge is 0.273 e. The SMILES string of the molecule is COc1cc2c(cc1OC)C(c1cccs1)N(C(=O)Cc1ccccc1[N+](=O)[O-])CC2. The molecule has 3 aromatic rings. The molecule has 0 fully saturated rings. The molecule has 4 rings (SSSR count). The van der Waals surface area contributed by atoms with E-state index in [9.17, 15) is 14.9 Å². The average molecular weight is 439 g/mol. The molecule has 0 spiro atoms. The van der Waals surface area contributed by atoms with Gasteiger partial charge in [-0.1, -0.05) is 24.3 Å². The number of rotatable bonds is 6. The summed E-state index contributed by atoms with van der Waals surface area (Å²) in [5.74, 6) is 1.12. The lowest BCUT2D eigenvalue weighted by atomic mass is 9.90. The first-order valence-corrected chi connectivity index (χ1v) is 10.7. The number of nitrogens with zero attached hydrogens (tertiary/aromatic N) is 2. The van der Waals surface area contributed by atoms with Crippen molar-refractivity contribution in [2.75, 3.05) is 20.8 Å². The summed E-state index contributed by atoms with van der Waals surface area (Å²) in [6.07, 6.45) is 0.641. The summed E-state index contributed by atoms with van der Waals surface area (Å²) in [6.45, 7) is 0.518. The van der Waals surface area contributed by atoms with Crippen LogP contribution in [0.4, 0.5) is 5.69 Å². The Morgan fingerprint density at radius 1 is 1.16 bits per heavy atom. The van der Waals surface area contributed by atoms with Crippen LogP contribution in [0.3, 0.4) is 0 Å². The van der Waals surface area contributed by atoms with Crippen LogP contribution in [-0.2, 0) is 17.6 Å². The van der Waals surface area contributed by atoms with E-state index in [-0.39, 0.29) is 24.1 Å². The number of ether oxygens (including phenoxy) is 2. The van der Waals surface area contributed by atoms with Crippen molar-refractivity contribution < 1.29 is 19.2 Å². The van der Waals surface area contributed by atoms with Gasteiger partial charge in [0.05, 0.1) is 31.6 Å². The number of nitro benzene ring substituents is 1. The lowest BCUT2D eigenvalue weighted by molar-refractivity contribution is -0.385.